The van der Waals surface area contributed by atoms with E-state index in [1.165, 1.54) is 12.0 Å². The Balaban J connectivity index is 1.40. The van der Waals surface area contributed by atoms with Gasteiger partial charge in [-0.05, 0) is 44.4 Å². The number of H-pyrrole nitrogens is 1. The third kappa shape index (κ3) is 4.54. The van der Waals surface area contributed by atoms with Gasteiger partial charge >= 0.3 is 0 Å². The molecule has 0 saturated carbocycles. The van der Waals surface area contributed by atoms with Crippen LogP contribution < -0.4 is 15.6 Å². The quantitative estimate of drug-likeness (QED) is 0.302. The standard InChI is InChI=1S/C24H26N8/c1-17-9-11-19(12-10-17)27-22-28-23(30-24(29-22)32-13-5-2-6-14-32)31-26-16-18-15-25-21-8-4-3-7-20(18)21/h3-4,7-12,15-16,25H,2,5-6,13-14H2,1H3,(H2,27,28,29,30,31)/b26-16+. The first-order valence-electron chi connectivity index (χ1n) is 10.9. The van der Waals surface area contributed by atoms with Gasteiger partial charge in [-0.15, -0.1) is 0 Å². The number of hydrogen-bond donors (Lipinski definition) is 3. The first-order valence-corrected chi connectivity index (χ1v) is 10.9. The fourth-order valence-corrected chi connectivity index (χ4v) is 3.83. The third-order valence-corrected chi connectivity index (χ3v) is 5.56. The molecule has 1 saturated heterocycles. The Labute approximate surface area is 186 Å². The molecule has 8 heteroatoms. The average Bonchev–Trinajstić information content (AvgIpc) is 3.24. The van der Waals surface area contributed by atoms with Crippen LogP contribution in [0.4, 0.5) is 23.5 Å². The summed E-state index contributed by atoms with van der Waals surface area (Å²) in [5.74, 6) is 1.57. The fraction of sp³-hybridized carbons (Fsp3) is 0.250. The van der Waals surface area contributed by atoms with E-state index in [0.717, 1.165) is 48.1 Å². The molecule has 0 radical (unpaired) electrons. The predicted molar refractivity (Wildman–Crippen MR) is 130 cm³/mol. The van der Waals surface area contributed by atoms with Crippen LogP contribution in [-0.4, -0.2) is 39.2 Å². The smallest absolute Gasteiger partial charge is 0.250 e. The van der Waals surface area contributed by atoms with E-state index in [4.69, 9.17) is 0 Å². The Hall–Kier alpha value is -3.94. The summed E-state index contributed by atoms with van der Waals surface area (Å²) < 4.78 is 0. The number of aromatic amines is 1. The minimum absolute atomic E-state index is 0.409. The molecule has 162 valence electrons. The van der Waals surface area contributed by atoms with E-state index in [1.807, 2.05) is 36.5 Å². The van der Waals surface area contributed by atoms with Crippen LogP contribution in [-0.2, 0) is 0 Å². The van der Waals surface area contributed by atoms with Gasteiger partial charge in [0.1, 0.15) is 0 Å². The largest absolute Gasteiger partial charge is 0.361 e. The van der Waals surface area contributed by atoms with Crippen molar-refractivity contribution in [1.29, 1.82) is 0 Å². The number of nitrogens with one attached hydrogen (secondary N) is 3. The van der Waals surface area contributed by atoms with E-state index in [0.29, 0.717) is 17.8 Å². The Kier molecular flexibility index (Phi) is 5.65. The lowest BCUT2D eigenvalue weighted by atomic mass is 10.1. The Morgan fingerprint density at radius 1 is 0.938 bits per heavy atom. The van der Waals surface area contributed by atoms with Gasteiger partial charge < -0.3 is 15.2 Å². The second-order valence-electron chi connectivity index (χ2n) is 7.98. The molecule has 0 spiro atoms. The molecule has 0 unspecified atom stereocenters. The van der Waals surface area contributed by atoms with Crippen molar-refractivity contribution < 1.29 is 0 Å². The molecule has 32 heavy (non-hydrogen) atoms. The molecule has 2 aromatic heterocycles. The zero-order valence-electron chi connectivity index (χ0n) is 18.0. The predicted octanol–water partition coefficient (Wildman–Crippen LogP) is 4.84. The maximum Gasteiger partial charge on any atom is 0.250 e. The van der Waals surface area contributed by atoms with Crippen LogP contribution in [0.3, 0.4) is 0 Å². The number of hydrazone groups is 1. The molecule has 1 aliphatic heterocycles. The number of anilines is 4. The maximum atomic E-state index is 4.67. The van der Waals surface area contributed by atoms with Crippen LogP contribution in [0, 0.1) is 6.92 Å². The molecule has 4 aromatic rings. The van der Waals surface area contributed by atoms with Gasteiger partial charge in [-0.1, -0.05) is 35.9 Å². The first kappa shape index (κ1) is 20.0. The Morgan fingerprint density at radius 2 is 1.72 bits per heavy atom. The van der Waals surface area contributed by atoms with Gasteiger partial charge in [0.2, 0.25) is 17.8 Å². The number of hydrogen-bond acceptors (Lipinski definition) is 7. The highest BCUT2D eigenvalue weighted by Gasteiger charge is 2.16. The molecule has 0 aliphatic carbocycles. The number of rotatable bonds is 6. The van der Waals surface area contributed by atoms with Gasteiger partial charge in [0.05, 0.1) is 6.21 Å². The number of nitrogens with zero attached hydrogens (tertiary/aromatic N) is 5. The maximum absolute atomic E-state index is 4.67. The summed E-state index contributed by atoms with van der Waals surface area (Å²) >= 11 is 0. The van der Waals surface area contributed by atoms with Crippen molar-refractivity contribution in [1.82, 2.24) is 19.9 Å². The molecular formula is C24H26N8. The molecule has 1 fully saturated rings. The van der Waals surface area contributed by atoms with E-state index in [2.05, 4.69) is 65.8 Å². The lowest BCUT2D eigenvalue weighted by molar-refractivity contribution is 0.568. The van der Waals surface area contributed by atoms with Crippen molar-refractivity contribution in [2.75, 3.05) is 28.7 Å². The van der Waals surface area contributed by atoms with Gasteiger partial charge in [0, 0.05) is 41.4 Å². The molecule has 1 aliphatic rings. The summed E-state index contributed by atoms with van der Waals surface area (Å²) in [5, 5.41) is 8.79. The van der Waals surface area contributed by atoms with Crippen LogP contribution in [0.15, 0.2) is 59.8 Å². The second kappa shape index (κ2) is 9.05. The summed E-state index contributed by atoms with van der Waals surface area (Å²) in [7, 11) is 0. The zero-order valence-corrected chi connectivity index (χ0v) is 18.0. The fourth-order valence-electron chi connectivity index (χ4n) is 3.83. The lowest BCUT2D eigenvalue weighted by Crippen LogP contribution is -2.31. The molecule has 0 bridgehead atoms. The lowest BCUT2D eigenvalue weighted by Gasteiger charge is -2.26. The summed E-state index contributed by atoms with van der Waals surface area (Å²) in [5.41, 5.74) is 7.19. The number of aromatic nitrogens is 4. The van der Waals surface area contributed by atoms with E-state index in [1.54, 1.807) is 6.21 Å². The third-order valence-electron chi connectivity index (χ3n) is 5.56. The summed E-state index contributed by atoms with van der Waals surface area (Å²) in [6.45, 7) is 3.97. The van der Waals surface area contributed by atoms with Crippen LogP contribution in [0.1, 0.15) is 30.4 Å². The van der Waals surface area contributed by atoms with Gasteiger partial charge in [-0.25, -0.2) is 5.43 Å². The first-order chi connectivity index (χ1) is 15.7. The SMILES string of the molecule is Cc1ccc(Nc2nc(N/N=C/c3c[nH]c4ccccc34)nc(N3CCCCC3)n2)cc1. The molecule has 3 N–H and O–H groups in total. The monoisotopic (exact) mass is 426 g/mol. The van der Waals surface area contributed by atoms with E-state index >= 15 is 0 Å². The zero-order chi connectivity index (χ0) is 21.8. The number of para-hydroxylation sites is 1. The van der Waals surface area contributed by atoms with Crippen molar-refractivity contribution in [2.45, 2.75) is 26.2 Å². The average molecular weight is 427 g/mol. The van der Waals surface area contributed by atoms with Crippen LogP contribution in [0.2, 0.25) is 0 Å². The van der Waals surface area contributed by atoms with Gasteiger partial charge in [0.15, 0.2) is 0 Å². The van der Waals surface area contributed by atoms with Crippen molar-refractivity contribution in [3.63, 3.8) is 0 Å². The molecule has 0 amide bonds. The molecular weight excluding hydrogens is 400 g/mol. The van der Waals surface area contributed by atoms with Crippen LogP contribution in [0.5, 0.6) is 0 Å². The molecule has 8 nitrogen and oxygen atoms in total. The summed E-state index contributed by atoms with van der Waals surface area (Å²) in [4.78, 5) is 19.3. The minimum atomic E-state index is 0.409. The number of aryl methyl sites for hydroxylation is 1. The second-order valence-corrected chi connectivity index (χ2v) is 7.98. The summed E-state index contributed by atoms with van der Waals surface area (Å²) in [6.07, 6.45) is 7.25. The highest BCUT2D eigenvalue weighted by atomic mass is 15.4. The van der Waals surface area contributed by atoms with Crippen molar-refractivity contribution in [3.05, 3.63) is 65.9 Å². The van der Waals surface area contributed by atoms with Crippen molar-refractivity contribution in [3.8, 4) is 0 Å². The van der Waals surface area contributed by atoms with Crippen molar-refractivity contribution >= 4 is 40.6 Å². The number of piperidine rings is 1. The molecule has 3 heterocycles. The van der Waals surface area contributed by atoms with Crippen LogP contribution in [0.25, 0.3) is 10.9 Å². The molecule has 5 rings (SSSR count). The Bertz CT molecular complexity index is 1220. The molecule has 0 atom stereocenters. The van der Waals surface area contributed by atoms with E-state index in [9.17, 15) is 0 Å². The summed E-state index contributed by atoms with van der Waals surface area (Å²) in [6, 6.07) is 16.3. The number of fused-ring (bicyclic) bond motifs is 1. The minimum Gasteiger partial charge on any atom is -0.361 e. The van der Waals surface area contributed by atoms with Gasteiger partial charge in [-0.3, -0.25) is 0 Å². The molecule has 2 aromatic carbocycles. The van der Waals surface area contributed by atoms with E-state index in [-0.39, 0.29) is 0 Å². The van der Waals surface area contributed by atoms with Gasteiger partial charge in [0.25, 0.3) is 0 Å². The highest BCUT2D eigenvalue weighted by Crippen LogP contribution is 2.21. The van der Waals surface area contributed by atoms with E-state index < -0.39 is 0 Å². The van der Waals surface area contributed by atoms with Gasteiger partial charge in [-0.2, -0.15) is 20.1 Å². The number of benzene rings is 2. The Morgan fingerprint density at radius 3 is 2.56 bits per heavy atom. The normalized spacial score (nSPS) is 14.2. The van der Waals surface area contributed by atoms with Crippen molar-refractivity contribution in [2.24, 2.45) is 5.10 Å². The highest BCUT2D eigenvalue weighted by molar-refractivity contribution is 5.99. The van der Waals surface area contributed by atoms with Crippen LogP contribution >= 0.6 is 0 Å². The topological polar surface area (TPSA) is 94.1 Å².